The number of halogens is 1. The van der Waals surface area contributed by atoms with Gasteiger partial charge in [0.2, 0.25) is 0 Å². The van der Waals surface area contributed by atoms with Crippen LogP contribution < -0.4 is 10.1 Å². The number of pyridine rings is 1. The van der Waals surface area contributed by atoms with Crippen molar-refractivity contribution in [1.82, 2.24) is 14.8 Å². The van der Waals surface area contributed by atoms with Gasteiger partial charge in [-0.2, -0.15) is 5.10 Å². The molecule has 33 heavy (non-hydrogen) atoms. The van der Waals surface area contributed by atoms with Gasteiger partial charge in [-0.15, -0.1) is 11.3 Å². The van der Waals surface area contributed by atoms with Crippen LogP contribution in [-0.4, -0.2) is 40.4 Å². The first-order chi connectivity index (χ1) is 15.8. The Kier molecular flexibility index (Phi) is 6.35. The summed E-state index contributed by atoms with van der Waals surface area (Å²) < 4.78 is 12.2. The van der Waals surface area contributed by atoms with Crippen molar-refractivity contribution in [3.8, 4) is 16.3 Å². The van der Waals surface area contributed by atoms with E-state index in [0.29, 0.717) is 44.4 Å². The molecule has 0 unspecified atom stereocenters. The number of nitrogens with zero attached hydrogens (tertiary/aromatic N) is 3. The molecule has 0 atom stereocenters. The van der Waals surface area contributed by atoms with Gasteiger partial charge in [0.15, 0.2) is 12.3 Å². The second-order valence-corrected chi connectivity index (χ2v) is 8.72. The zero-order valence-electron chi connectivity index (χ0n) is 18.4. The van der Waals surface area contributed by atoms with Gasteiger partial charge in [-0.05, 0) is 43.0 Å². The Balaban J connectivity index is 1.57. The van der Waals surface area contributed by atoms with E-state index in [2.05, 4.69) is 15.4 Å². The van der Waals surface area contributed by atoms with Crippen LogP contribution in [0.4, 0.5) is 5.69 Å². The summed E-state index contributed by atoms with van der Waals surface area (Å²) >= 11 is 7.62. The molecule has 0 fully saturated rings. The summed E-state index contributed by atoms with van der Waals surface area (Å²) in [6.45, 7) is 3.14. The highest BCUT2D eigenvalue weighted by Gasteiger charge is 2.21. The first kappa shape index (κ1) is 22.8. The molecule has 3 heterocycles. The molecule has 1 aromatic carbocycles. The number of esters is 1. The number of nitrogens with one attached hydrogen (secondary N) is 1. The number of hydrogen-bond acceptors (Lipinski definition) is 7. The monoisotopic (exact) mass is 484 g/mol. The normalized spacial score (nSPS) is 10.9. The number of anilines is 1. The molecule has 8 nitrogen and oxygen atoms in total. The molecule has 0 aliphatic heterocycles. The van der Waals surface area contributed by atoms with Crippen molar-refractivity contribution in [2.45, 2.75) is 13.8 Å². The van der Waals surface area contributed by atoms with Crippen LogP contribution >= 0.6 is 22.9 Å². The van der Waals surface area contributed by atoms with Crippen LogP contribution in [-0.2, 0) is 16.6 Å². The Morgan fingerprint density at radius 2 is 2.03 bits per heavy atom. The zero-order chi connectivity index (χ0) is 23.7. The quantitative estimate of drug-likeness (QED) is 0.396. The Labute approximate surface area is 199 Å². The molecule has 10 heteroatoms. The summed E-state index contributed by atoms with van der Waals surface area (Å²) in [4.78, 5) is 31.1. The van der Waals surface area contributed by atoms with Crippen molar-refractivity contribution in [3.05, 3.63) is 57.6 Å². The van der Waals surface area contributed by atoms with E-state index in [4.69, 9.17) is 21.1 Å². The van der Waals surface area contributed by atoms with Crippen molar-refractivity contribution in [2.75, 3.05) is 19.0 Å². The first-order valence-corrected chi connectivity index (χ1v) is 11.2. The molecular formula is C23H21ClN4O4S. The molecule has 0 saturated heterocycles. The molecule has 4 aromatic rings. The summed E-state index contributed by atoms with van der Waals surface area (Å²) in [5, 5.41) is 10.1. The number of carbonyl (C=O) groups is 2. The van der Waals surface area contributed by atoms with Gasteiger partial charge in [0.05, 0.1) is 40.0 Å². The molecule has 0 aliphatic rings. The largest absolute Gasteiger partial charge is 0.495 e. The highest BCUT2D eigenvalue weighted by Crippen LogP contribution is 2.31. The number of methoxy groups -OCH3 is 1. The molecule has 1 amide bonds. The maximum Gasteiger partial charge on any atom is 0.339 e. The average Bonchev–Trinajstić information content (AvgIpc) is 3.42. The lowest BCUT2D eigenvalue weighted by molar-refractivity contribution is -0.119. The SMILES string of the molecule is COc1cc(Cl)c(C)cc1NC(=O)COC(=O)c1cc(-c2cccs2)nc2c1c(C)nn2C. The van der Waals surface area contributed by atoms with E-state index in [1.165, 1.54) is 18.4 Å². The number of aromatic nitrogens is 3. The predicted molar refractivity (Wildman–Crippen MR) is 128 cm³/mol. The van der Waals surface area contributed by atoms with Crippen LogP contribution in [0.5, 0.6) is 5.75 Å². The number of thiophene rings is 1. The predicted octanol–water partition coefficient (Wildman–Crippen LogP) is 4.77. The number of hydrogen-bond donors (Lipinski definition) is 1. The Morgan fingerprint density at radius 3 is 2.73 bits per heavy atom. The van der Waals surface area contributed by atoms with Gasteiger partial charge < -0.3 is 14.8 Å². The molecule has 0 saturated carbocycles. The number of aryl methyl sites for hydroxylation is 3. The maximum absolute atomic E-state index is 13.0. The van der Waals surface area contributed by atoms with Crippen molar-refractivity contribution in [2.24, 2.45) is 7.05 Å². The number of amides is 1. The van der Waals surface area contributed by atoms with E-state index < -0.39 is 18.5 Å². The molecule has 0 aliphatic carbocycles. The summed E-state index contributed by atoms with van der Waals surface area (Å²) in [7, 11) is 3.25. The van der Waals surface area contributed by atoms with Crippen LogP contribution in [0.3, 0.4) is 0 Å². The molecule has 0 bridgehead atoms. The third-order valence-electron chi connectivity index (χ3n) is 5.05. The van der Waals surface area contributed by atoms with Crippen molar-refractivity contribution in [1.29, 1.82) is 0 Å². The van der Waals surface area contributed by atoms with Gasteiger partial charge in [-0.25, -0.2) is 9.78 Å². The Morgan fingerprint density at radius 1 is 1.24 bits per heavy atom. The molecule has 0 radical (unpaired) electrons. The van der Waals surface area contributed by atoms with Crippen LogP contribution in [0.2, 0.25) is 5.02 Å². The van der Waals surface area contributed by atoms with Crippen LogP contribution in [0, 0.1) is 13.8 Å². The minimum absolute atomic E-state index is 0.307. The molecule has 1 N–H and O–H groups in total. The molecule has 0 spiro atoms. The summed E-state index contributed by atoms with van der Waals surface area (Å²) in [5.74, 6) is -0.728. The molecular weight excluding hydrogens is 464 g/mol. The van der Waals surface area contributed by atoms with E-state index in [0.717, 1.165) is 10.4 Å². The second-order valence-electron chi connectivity index (χ2n) is 7.37. The summed E-state index contributed by atoms with van der Waals surface area (Å²) in [6.07, 6.45) is 0. The maximum atomic E-state index is 13.0. The lowest BCUT2D eigenvalue weighted by Gasteiger charge is -2.13. The van der Waals surface area contributed by atoms with E-state index in [-0.39, 0.29) is 0 Å². The fourth-order valence-electron chi connectivity index (χ4n) is 3.48. The summed E-state index contributed by atoms with van der Waals surface area (Å²) in [5.41, 5.74) is 3.37. The third kappa shape index (κ3) is 4.55. The topological polar surface area (TPSA) is 95.3 Å². The van der Waals surface area contributed by atoms with Crippen LogP contribution in [0.15, 0.2) is 35.7 Å². The van der Waals surface area contributed by atoms with Gasteiger partial charge in [-0.1, -0.05) is 17.7 Å². The van der Waals surface area contributed by atoms with Crippen molar-refractivity contribution >= 4 is 51.5 Å². The molecule has 4 rings (SSSR count). The number of carbonyl (C=O) groups excluding carboxylic acids is 2. The molecule has 3 aromatic heterocycles. The van der Waals surface area contributed by atoms with Crippen molar-refractivity contribution in [3.63, 3.8) is 0 Å². The zero-order valence-corrected chi connectivity index (χ0v) is 20.0. The number of rotatable bonds is 6. The lowest BCUT2D eigenvalue weighted by Crippen LogP contribution is -2.21. The van der Waals surface area contributed by atoms with Crippen LogP contribution in [0.25, 0.3) is 21.6 Å². The van der Waals surface area contributed by atoms with E-state index in [1.54, 1.807) is 36.9 Å². The van der Waals surface area contributed by atoms with Gasteiger partial charge in [0.1, 0.15) is 5.75 Å². The Bertz CT molecular complexity index is 1370. The van der Waals surface area contributed by atoms with Gasteiger partial charge >= 0.3 is 5.97 Å². The third-order valence-corrected chi connectivity index (χ3v) is 6.35. The smallest absolute Gasteiger partial charge is 0.339 e. The van der Waals surface area contributed by atoms with Crippen LogP contribution in [0.1, 0.15) is 21.6 Å². The average molecular weight is 485 g/mol. The van der Waals surface area contributed by atoms with E-state index in [1.807, 2.05) is 24.4 Å². The van der Waals surface area contributed by atoms with E-state index in [9.17, 15) is 9.59 Å². The fraction of sp³-hybridized carbons (Fsp3) is 0.217. The minimum Gasteiger partial charge on any atom is -0.495 e. The number of benzene rings is 1. The second kappa shape index (κ2) is 9.21. The first-order valence-electron chi connectivity index (χ1n) is 9.97. The Hall–Kier alpha value is -3.43. The highest BCUT2D eigenvalue weighted by molar-refractivity contribution is 7.13. The van der Waals surface area contributed by atoms with Crippen molar-refractivity contribution < 1.29 is 19.1 Å². The number of fused-ring (bicyclic) bond motifs is 1. The van der Waals surface area contributed by atoms with Gasteiger partial charge in [0, 0.05) is 18.1 Å². The fourth-order valence-corrected chi connectivity index (χ4v) is 4.32. The van der Waals surface area contributed by atoms with Gasteiger partial charge in [0.25, 0.3) is 5.91 Å². The van der Waals surface area contributed by atoms with Gasteiger partial charge in [-0.3, -0.25) is 9.48 Å². The minimum atomic E-state index is -0.634. The number of ether oxygens (including phenoxy) is 2. The lowest BCUT2D eigenvalue weighted by atomic mass is 10.1. The molecule has 170 valence electrons. The van der Waals surface area contributed by atoms with E-state index >= 15 is 0 Å². The summed E-state index contributed by atoms with van der Waals surface area (Å²) in [6, 6.07) is 8.82. The standard InChI is InChI=1S/C23H21ClN4O4S/c1-12-8-16(18(31-4)10-15(12)24)25-20(29)11-32-23(30)14-9-17(19-6-5-7-33-19)26-22-21(14)13(2)27-28(22)3/h5-10H,11H2,1-4H3,(H,25,29). The highest BCUT2D eigenvalue weighted by atomic mass is 35.5.